The second-order valence-corrected chi connectivity index (χ2v) is 5.91. The summed E-state index contributed by atoms with van der Waals surface area (Å²) in [6.07, 6.45) is -0.173. The molecule has 0 spiro atoms. The number of ether oxygens (including phenoxy) is 1. The normalized spacial score (nSPS) is 13.2. The third-order valence-electron chi connectivity index (χ3n) is 1.69. The summed E-state index contributed by atoms with van der Waals surface area (Å²) in [5.41, 5.74) is 0.293. The van der Waals surface area contributed by atoms with Crippen LogP contribution in [0.3, 0.4) is 0 Å². The van der Waals surface area contributed by atoms with E-state index >= 15 is 0 Å². The van der Waals surface area contributed by atoms with Gasteiger partial charge in [-0.15, -0.1) is 0 Å². The van der Waals surface area contributed by atoms with Crippen LogP contribution < -0.4 is 0 Å². The maximum absolute atomic E-state index is 11.3. The standard InChI is InChI=1S/C10H21NO4P/c1-9(2)10(12)14-8-16(13)15-7-6-11(3,4)5/h16H,1,6-8H2,2-5H3/q+1. The van der Waals surface area contributed by atoms with Crippen molar-refractivity contribution in [2.24, 2.45) is 0 Å². The zero-order valence-electron chi connectivity index (χ0n) is 10.4. The predicted molar refractivity (Wildman–Crippen MR) is 63.6 cm³/mol. The Labute approximate surface area is 97.5 Å². The number of rotatable bonds is 7. The highest BCUT2D eigenvalue weighted by Crippen LogP contribution is 2.22. The second-order valence-electron chi connectivity index (χ2n) is 4.59. The molecule has 0 bridgehead atoms. The van der Waals surface area contributed by atoms with Crippen LogP contribution in [0, 0.1) is 0 Å². The van der Waals surface area contributed by atoms with Gasteiger partial charge in [0.15, 0.2) is 6.35 Å². The number of quaternary nitrogens is 1. The van der Waals surface area contributed by atoms with Gasteiger partial charge in [-0.2, -0.15) is 0 Å². The molecular weight excluding hydrogens is 229 g/mol. The smallest absolute Gasteiger partial charge is 0.333 e. The van der Waals surface area contributed by atoms with Gasteiger partial charge in [0.25, 0.3) is 0 Å². The Bertz CT molecular complexity index is 283. The van der Waals surface area contributed by atoms with E-state index < -0.39 is 14.0 Å². The van der Waals surface area contributed by atoms with E-state index in [0.717, 1.165) is 11.0 Å². The molecule has 0 N–H and O–H groups in total. The fraction of sp³-hybridized carbons (Fsp3) is 0.700. The van der Waals surface area contributed by atoms with Crippen molar-refractivity contribution in [3.8, 4) is 0 Å². The molecule has 5 nitrogen and oxygen atoms in total. The Morgan fingerprint density at radius 2 is 1.94 bits per heavy atom. The zero-order chi connectivity index (χ0) is 12.8. The van der Waals surface area contributed by atoms with Crippen LogP contribution >= 0.6 is 8.03 Å². The molecule has 0 aliphatic heterocycles. The van der Waals surface area contributed by atoms with E-state index in [4.69, 9.17) is 9.26 Å². The van der Waals surface area contributed by atoms with Gasteiger partial charge in [-0.1, -0.05) is 6.58 Å². The topological polar surface area (TPSA) is 52.6 Å². The van der Waals surface area contributed by atoms with Crippen molar-refractivity contribution in [1.29, 1.82) is 0 Å². The van der Waals surface area contributed by atoms with Gasteiger partial charge in [-0.25, -0.2) is 4.79 Å². The molecule has 0 saturated heterocycles. The molecule has 0 heterocycles. The van der Waals surface area contributed by atoms with Crippen molar-refractivity contribution < 1.29 is 23.1 Å². The van der Waals surface area contributed by atoms with Crippen molar-refractivity contribution in [1.82, 2.24) is 0 Å². The number of hydrogen-bond donors (Lipinski definition) is 0. The van der Waals surface area contributed by atoms with Gasteiger partial charge in [0, 0.05) is 5.57 Å². The first-order valence-corrected chi connectivity index (χ1v) is 6.53. The summed E-state index contributed by atoms with van der Waals surface area (Å²) in [6.45, 7) is 6.11. The average Bonchev–Trinajstić information content (AvgIpc) is 2.11. The van der Waals surface area contributed by atoms with Crippen LogP contribution in [-0.4, -0.2) is 51.1 Å². The zero-order valence-corrected chi connectivity index (χ0v) is 11.4. The Hall–Kier alpha value is -0.640. The minimum atomic E-state index is -2.28. The molecule has 94 valence electrons. The molecule has 0 aromatic heterocycles. The molecule has 1 atom stereocenters. The first-order chi connectivity index (χ1) is 7.22. The van der Waals surface area contributed by atoms with E-state index in [0.29, 0.717) is 12.2 Å². The van der Waals surface area contributed by atoms with E-state index in [9.17, 15) is 9.36 Å². The molecule has 1 unspecified atom stereocenters. The van der Waals surface area contributed by atoms with Crippen molar-refractivity contribution in [2.45, 2.75) is 6.92 Å². The molecule has 0 aromatic rings. The molecule has 6 heteroatoms. The quantitative estimate of drug-likeness (QED) is 0.295. The number of nitrogens with zero attached hydrogens (tertiary/aromatic N) is 1. The van der Waals surface area contributed by atoms with Gasteiger partial charge < -0.3 is 13.7 Å². The summed E-state index contributed by atoms with van der Waals surface area (Å²) in [5, 5.41) is 0. The molecule has 0 radical (unpaired) electrons. The van der Waals surface area contributed by atoms with Gasteiger partial charge in [-0.05, 0) is 6.92 Å². The third-order valence-corrected chi connectivity index (χ3v) is 2.60. The first kappa shape index (κ1) is 15.4. The largest absolute Gasteiger partial charge is 0.452 e. The number of carbonyl (C=O) groups is 1. The highest BCUT2D eigenvalue weighted by molar-refractivity contribution is 7.38. The molecule has 0 saturated carbocycles. The minimum Gasteiger partial charge on any atom is -0.452 e. The number of hydrogen-bond acceptors (Lipinski definition) is 4. The highest BCUT2D eigenvalue weighted by atomic mass is 31.1. The highest BCUT2D eigenvalue weighted by Gasteiger charge is 2.10. The lowest BCUT2D eigenvalue weighted by molar-refractivity contribution is -0.870. The van der Waals surface area contributed by atoms with Crippen molar-refractivity contribution in [3.05, 3.63) is 12.2 Å². The summed E-state index contributed by atoms with van der Waals surface area (Å²) in [6, 6.07) is 0. The van der Waals surface area contributed by atoms with Crippen LogP contribution in [0.15, 0.2) is 12.2 Å². The van der Waals surface area contributed by atoms with E-state index in [2.05, 4.69) is 6.58 Å². The summed E-state index contributed by atoms with van der Waals surface area (Å²) in [4.78, 5) is 11.0. The molecule has 0 fully saturated rings. The van der Waals surface area contributed by atoms with Gasteiger partial charge in [-0.3, -0.25) is 4.57 Å². The maximum Gasteiger partial charge on any atom is 0.333 e. The van der Waals surface area contributed by atoms with Gasteiger partial charge in [0.2, 0.25) is 8.03 Å². The Morgan fingerprint density at radius 3 is 2.38 bits per heavy atom. The lowest BCUT2D eigenvalue weighted by atomic mass is 10.4. The number of likely N-dealkylation sites (N-methyl/N-ethyl adjacent to an activating group) is 1. The lowest BCUT2D eigenvalue weighted by Crippen LogP contribution is -2.37. The Morgan fingerprint density at radius 1 is 1.38 bits per heavy atom. The van der Waals surface area contributed by atoms with Crippen LogP contribution in [0.2, 0.25) is 0 Å². The molecule has 0 aromatic carbocycles. The molecular formula is C10H21NO4P+. The number of carbonyl (C=O) groups excluding carboxylic acids is 1. The van der Waals surface area contributed by atoms with Crippen molar-refractivity contribution in [3.63, 3.8) is 0 Å². The van der Waals surface area contributed by atoms with Gasteiger partial charge in [0.05, 0.1) is 21.1 Å². The maximum atomic E-state index is 11.3. The average molecular weight is 250 g/mol. The predicted octanol–water partition coefficient (Wildman–Crippen LogP) is 1.26. The molecule has 0 rings (SSSR count). The molecule has 0 aliphatic carbocycles. The monoisotopic (exact) mass is 250 g/mol. The van der Waals surface area contributed by atoms with Crippen LogP contribution in [0.1, 0.15) is 6.92 Å². The van der Waals surface area contributed by atoms with E-state index in [1.807, 2.05) is 21.1 Å². The molecule has 0 aliphatic rings. The van der Waals surface area contributed by atoms with Crippen LogP contribution in [0.25, 0.3) is 0 Å². The van der Waals surface area contributed by atoms with Gasteiger partial charge in [0.1, 0.15) is 13.2 Å². The minimum absolute atomic E-state index is 0.173. The van der Waals surface area contributed by atoms with Crippen LogP contribution in [0.5, 0.6) is 0 Å². The lowest BCUT2D eigenvalue weighted by Gasteiger charge is -2.23. The first-order valence-electron chi connectivity index (χ1n) is 5.01. The van der Waals surface area contributed by atoms with Crippen LogP contribution in [-0.2, 0) is 18.6 Å². The summed E-state index contributed by atoms with van der Waals surface area (Å²) in [7, 11) is 3.76. The Kier molecular flexibility index (Phi) is 6.56. The SMILES string of the molecule is C=C(C)C(=O)OC[PH](=O)OCC[N+](C)(C)C. The molecule has 16 heavy (non-hydrogen) atoms. The summed E-state index contributed by atoms with van der Waals surface area (Å²) >= 11 is 0. The van der Waals surface area contributed by atoms with Crippen molar-refractivity contribution >= 4 is 14.0 Å². The number of esters is 1. The fourth-order valence-electron chi connectivity index (χ4n) is 0.723. The van der Waals surface area contributed by atoms with E-state index in [1.165, 1.54) is 6.92 Å². The van der Waals surface area contributed by atoms with Crippen LogP contribution in [0.4, 0.5) is 0 Å². The summed E-state index contributed by atoms with van der Waals surface area (Å²) < 4.78 is 21.8. The van der Waals surface area contributed by atoms with E-state index in [1.54, 1.807) is 0 Å². The fourth-order valence-corrected chi connectivity index (χ4v) is 1.37. The second kappa shape index (κ2) is 6.84. The van der Waals surface area contributed by atoms with Gasteiger partial charge >= 0.3 is 5.97 Å². The Balaban J connectivity index is 3.68. The molecule has 0 amide bonds. The van der Waals surface area contributed by atoms with Crippen molar-refractivity contribution in [2.75, 3.05) is 40.6 Å². The third kappa shape index (κ3) is 8.65. The van der Waals surface area contributed by atoms with E-state index in [-0.39, 0.29) is 6.35 Å². The summed E-state index contributed by atoms with van der Waals surface area (Å²) in [5.74, 6) is -0.534.